The van der Waals surface area contributed by atoms with Crippen LogP contribution >= 0.6 is 11.8 Å². The van der Waals surface area contributed by atoms with E-state index in [1.165, 1.54) is 0 Å². The van der Waals surface area contributed by atoms with E-state index in [-0.39, 0.29) is 5.91 Å². The van der Waals surface area contributed by atoms with E-state index in [4.69, 9.17) is 24.3 Å². The molecule has 0 spiro atoms. The van der Waals surface area contributed by atoms with Crippen LogP contribution in [0.1, 0.15) is 65.0 Å². The number of nitrogens with one attached hydrogen (secondary N) is 2. The molecule has 1 aromatic heterocycles. The molecule has 0 saturated carbocycles. The van der Waals surface area contributed by atoms with E-state index in [0.29, 0.717) is 58.5 Å². The highest BCUT2D eigenvalue weighted by Crippen LogP contribution is 2.40. The third-order valence-corrected chi connectivity index (χ3v) is 7.50. The summed E-state index contributed by atoms with van der Waals surface area (Å²) < 4.78 is 19.3. The standard InChI is InChI=1S/C30H39N5O4S/c1-6-9-12-17-39-24-16-15-21(19-25(24)37-5)27-26(28(36)32-22-13-10-11-14-23(22)38-8-3)20(4)31-29-33-30(34-35(27)29)40-18-7-2/h10-11,13-16,19,27H,6-9,12,17-18H2,1-5H3,(H,32,36)(H,31,33,34). The van der Waals surface area contributed by atoms with Crippen molar-refractivity contribution < 1.29 is 19.0 Å². The van der Waals surface area contributed by atoms with Crippen LogP contribution in [0, 0.1) is 0 Å². The Kier molecular flexibility index (Phi) is 10.3. The molecule has 1 aliphatic heterocycles. The van der Waals surface area contributed by atoms with E-state index in [2.05, 4.69) is 24.5 Å². The zero-order chi connectivity index (χ0) is 28.5. The molecular formula is C30H39N5O4S. The molecule has 1 aliphatic rings. The molecule has 1 atom stereocenters. The number of hydrogen-bond acceptors (Lipinski definition) is 8. The highest BCUT2D eigenvalue weighted by atomic mass is 32.2. The van der Waals surface area contributed by atoms with E-state index in [1.807, 2.05) is 56.3 Å². The van der Waals surface area contributed by atoms with Gasteiger partial charge in [-0.3, -0.25) is 4.79 Å². The molecule has 0 fully saturated rings. The van der Waals surface area contributed by atoms with Gasteiger partial charge in [-0.25, -0.2) is 4.68 Å². The lowest BCUT2D eigenvalue weighted by Gasteiger charge is -2.29. The van der Waals surface area contributed by atoms with Crippen LogP contribution < -0.4 is 24.8 Å². The number of hydrogen-bond donors (Lipinski definition) is 2. The molecule has 40 heavy (non-hydrogen) atoms. The van der Waals surface area contributed by atoms with Crippen LogP contribution in [0.15, 0.2) is 58.9 Å². The van der Waals surface area contributed by atoms with Crippen molar-refractivity contribution >= 4 is 29.3 Å². The quantitative estimate of drug-likeness (QED) is 0.165. The van der Waals surface area contributed by atoms with Gasteiger partial charge in [0.05, 0.1) is 31.6 Å². The van der Waals surface area contributed by atoms with Crippen LogP contribution in [0.2, 0.25) is 0 Å². The first-order valence-electron chi connectivity index (χ1n) is 13.9. The number of fused-ring (bicyclic) bond motifs is 1. The van der Waals surface area contributed by atoms with Gasteiger partial charge in [0.15, 0.2) is 11.5 Å². The molecule has 3 aromatic rings. The fourth-order valence-corrected chi connectivity index (χ4v) is 5.22. The van der Waals surface area contributed by atoms with Gasteiger partial charge in [0, 0.05) is 11.4 Å². The fourth-order valence-electron chi connectivity index (χ4n) is 4.54. The summed E-state index contributed by atoms with van der Waals surface area (Å²) in [6.45, 7) is 9.20. The van der Waals surface area contributed by atoms with Crippen molar-refractivity contribution in [3.05, 3.63) is 59.3 Å². The van der Waals surface area contributed by atoms with Gasteiger partial charge in [-0.2, -0.15) is 4.98 Å². The summed E-state index contributed by atoms with van der Waals surface area (Å²) in [6, 6.07) is 12.7. The van der Waals surface area contributed by atoms with E-state index in [9.17, 15) is 4.79 Å². The molecular weight excluding hydrogens is 526 g/mol. The zero-order valence-electron chi connectivity index (χ0n) is 24.0. The van der Waals surface area contributed by atoms with Crippen molar-refractivity contribution in [2.24, 2.45) is 0 Å². The maximum atomic E-state index is 13.9. The number of carbonyl (C=O) groups is 1. The number of methoxy groups -OCH3 is 1. The number of rotatable bonds is 14. The molecule has 2 aromatic carbocycles. The molecule has 0 bridgehead atoms. The number of unbranched alkanes of at least 4 members (excludes halogenated alkanes) is 2. The third kappa shape index (κ3) is 6.72. The predicted octanol–water partition coefficient (Wildman–Crippen LogP) is 6.68. The van der Waals surface area contributed by atoms with Crippen LogP contribution in [0.25, 0.3) is 0 Å². The van der Waals surface area contributed by atoms with Gasteiger partial charge in [-0.05, 0) is 56.5 Å². The molecule has 2 N–H and O–H groups in total. The highest BCUT2D eigenvalue weighted by molar-refractivity contribution is 7.99. The lowest BCUT2D eigenvalue weighted by Crippen LogP contribution is -2.31. The number of benzene rings is 2. The Morgan fingerprint density at radius 3 is 2.62 bits per heavy atom. The molecule has 9 nitrogen and oxygen atoms in total. The highest BCUT2D eigenvalue weighted by Gasteiger charge is 2.35. The van der Waals surface area contributed by atoms with Gasteiger partial charge < -0.3 is 24.8 Å². The summed E-state index contributed by atoms with van der Waals surface area (Å²) in [5.74, 6) is 3.12. The second-order valence-corrected chi connectivity index (χ2v) is 10.5. The van der Waals surface area contributed by atoms with E-state index in [0.717, 1.165) is 37.0 Å². The third-order valence-electron chi connectivity index (χ3n) is 6.46. The van der Waals surface area contributed by atoms with Gasteiger partial charge in [-0.1, -0.05) is 56.7 Å². The second kappa shape index (κ2) is 14.1. The molecule has 0 aliphatic carbocycles. The Balaban J connectivity index is 1.73. The van der Waals surface area contributed by atoms with Crippen LogP contribution in [-0.4, -0.2) is 46.7 Å². The number of aromatic nitrogens is 3. The molecule has 4 rings (SSSR count). The van der Waals surface area contributed by atoms with Crippen molar-refractivity contribution in [1.82, 2.24) is 14.8 Å². The van der Waals surface area contributed by atoms with Gasteiger partial charge >= 0.3 is 0 Å². The minimum Gasteiger partial charge on any atom is -0.493 e. The summed E-state index contributed by atoms with van der Waals surface area (Å²) in [4.78, 5) is 18.7. The normalized spacial score (nSPS) is 14.4. The number of thioether (sulfide) groups is 1. The van der Waals surface area contributed by atoms with E-state index in [1.54, 1.807) is 23.6 Å². The maximum Gasteiger partial charge on any atom is 0.255 e. The average Bonchev–Trinajstić information content (AvgIpc) is 3.36. The smallest absolute Gasteiger partial charge is 0.255 e. The summed E-state index contributed by atoms with van der Waals surface area (Å²) in [6.07, 6.45) is 4.22. The first-order chi connectivity index (χ1) is 19.5. The van der Waals surface area contributed by atoms with Gasteiger partial charge in [0.2, 0.25) is 11.1 Å². The molecule has 1 unspecified atom stereocenters. The topological polar surface area (TPSA) is 99.5 Å². The number of ether oxygens (including phenoxy) is 3. The first-order valence-corrected chi connectivity index (χ1v) is 14.9. The van der Waals surface area contributed by atoms with E-state index < -0.39 is 6.04 Å². The molecule has 2 heterocycles. The van der Waals surface area contributed by atoms with Crippen molar-refractivity contribution in [3.8, 4) is 17.2 Å². The maximum absolute atomic E-state index is 13.9. The number of anilines is 2. The van der Waals surface area contributed by atoms with Gasteiger partial charge in [-0.15, -0.1) is 5.10 Å². The van der Waals surface area contributed by atoms with Crippen LogP contribution in [0.3, 0.4) is 0 Å². The molecule has 1 amide bonds. The van der Waals surface area contributed by atoms with Gasteiger partial charge in [0.25, 0.3) is 5.91 Å². The number of para-hydroxylation sites is 2. The lowest BCUT2D eigenvalue weighted by atomic mass is 9.94. The largest absolute Gasteiger partial charge is 0.493 e. The number of nitrogens with zero attached hydrogens (tertiary/aromatic N) is 3. The molecule has 10 heteroatoms. The number of amides is 1. The summed E-state index contributed by atoms with van der Waals surface area (Å²) >= 11 is 1.59. The Bertz CT molecular complexity index is 1340. The minimum absolute atomic E-state index is 0.259. The van der Waals surface area contributed by atoms with Crippen molar-refractivity contribution in [3.63, 3.8) is 0 Å². The average molecular weight is 566 g/mol. The van der Waals surface area contributed by atoms with Crippen LogP contribution in [0.5, 0.6) is 17.2 Å². The van der Waals surface area contributed by atoms with Crippen molar-refractivity contribution in [2.75, 3.05) is 36.7 Å². The summed E-state index contributed by atoms with van der Waals surface area (Å²) in [5.41, 5.74) is 2.65. The second-order valence-electron chi connectivity index (χ2n) is 9.43. The molecule has 0 radical (unpaired) electrons. The zero-order valence-corrected chi connectivity index (χ0v) is 24.8. The van der Waals surface area contributed by atoms with Gasteiger partial charge in [0.1, 0.15) is 11.8 Å². The molecule has 0 saturated heterocycles. The monoisotopic (exact) mass is 565 g/mol. The van der Waals surface area contributed by atoms with Crippen molar-refractivity contribution in [2.45, 2.75) is 64.6 Å². The van der Waals surface area contributed by atoms with Crippen molar-refractivity contribution in [1.29, 1.82) is 0 Å². The number of carbonyl (C=O) groups excluding carboxylic acids is 1. The van der Waals surface area contributed by atoms with Crippen LogP contribution in [0.4, 0.5) is 11.6 Å². The predicted molar refractivity (Wildman–Crippen MR) is 160 cm³/mol. The Morgan fingerprint density at radius 2 is 1.88 bits per heavy atom. The molecule has 214 valence electrons. The Hall–Kier alpha value is -3.66. The lowest BCUT2D eigenvalue weighted by molar-refractivity contribution is -0.113. The van der Waals surface area contributed by atoms with E-state index >= 15 is 0 Å². The first kappa shape index (κ1) is 29.3. The summed E-state index contributed by atoms with van der Waals surface area (Å²) in [5, 5.41) is 11.8. The Labute approximate surface area is 240 Å². The Morgan fingerprint density at radius 1 is 1.05 bits per heavy atom. The fraction of sp³-hybridized carbons (Fsp3) is 0.433. The minimum atomic E-state index is -0.540. The number of allylic oxidation sites excluding steroid dienone is 1. The SMILES string of the molecule is CCCCCOc1ccc(C2C(C(=O)Nc3ccccc3OCC)=C(C)Nc3nc(SCCC)nn32)cc1OC. The summed E-state index contributed by atoms with van der Waals surface area (Å²) in [7, 11) is 1.63. The van der Waals surface area contributed by atoms with Crippen LogP contribution in [-0.2, 0) is 4.79 Å².